The van der Waals surface area contributed by atoms with Gasteiger partial charge in [-0.25, -0.2) is 9.59 Å². The molecule has 2 aromatic rings. The standard InChI is InChI=1S/C25H25Cl2NO5/c1-15-20(24(29)32-4)22(18-11-8-12-19(26)23(18)27)21(16(2)28(15)14-31-3)25(30)33-13-17-9-6-5-7-10-17/h5-12,22H,13-14H2,1-4H3. The molecule has 0 radical (unpaired) electrons. The first-order valence-electron chi connectivity index (χ1n) is 10.2. The maximum Gasteiger partial charge on any atom is 0.337 e. The highest BCUT2D eigenvalue weighted by Crippen LogP contribution is 2.46. The number of methoxy groups -OCH3 is 2. The Morgan fingerprint density at radius 1 is 0.909 bits per heavy atom. The first-order valence-corrected chi connectivity index (χ1v) is 11.0. The Morgan fingerprint density at radius 2 is 1.55 bits per heavy atom. The van der Waals surface area contributed by atoms with Gasteiger partial charge in [-0.3, -0.25) is 0 Å². The summed E-state index contributed by atoms with van der Waals surface area (Å²) in [6.45, 7) is 3.75. The maximum absolute atomic E-state index is 13.5. The molecule has 0 bridgehead atoms. The van der Waals surface area contributed by atoms with Gasteiger partial charge < -0.3 is 19.1 Å². The zero-order valence-corrected chi connectivity index (χ0v) is 20.4. The molecule has 1 aliphatic rings. The molecule has 1 unspecified atom stereocenters. The summed E-state index contributed by atoms with van der Waals surface area (Å²) < 4.78 is 16.1. The molecule has 2 aromatic carbocycles. The lowest BCUT2D eigenvalue weighted by Crippen LogP contribution is -2.36. The number of halogens is 2. The maximum atomic E-state index is 13.5. The quantitative estimate of drug-likeness (QED) is 0.481. The molecule has 1 atom stereocenters. The van der Waals surface area contributed by atoms with Crippen LogP contribution in [0.1, 0.15) is 30.9 Å². The van der Waals surface area contributed by atoms with E-state index in [9.17, 15) is 9.59 Å². The first kappa shape index (κ1) is 24.8. The highest BCUT2D eigenvalue weighted by atomic mass is 35.5. The van der Waals surface area contributed by atoms with Crippen LogP contribution in [-0.2, 0) is 30.4 Å². The monoisotopic (exact) mass is 489 g/mol. The van der Waals surface area contributed by atoms with E-state index in [0.717, 1.165) is 5.56 Å². The van der Waals surface area contributed by atoms with E-state index in [1.165, 1.54) is 14.2 Å². The van der Waals surface area contributed by atoms with Crippen LogP contribution in [-0.4, -0.2) is 37.8 Å². The zero-order valence-electron chi connectivity index (χ0n) is 18.9. The summed E-state index contributed by atoms with van der Waals surface area (Å²) >= 11 is 12.8. The second-order valence-corrected chi connectivity index (χ2v) is 8.26. The van der Waals surface area contributed by atoms with Gasteiger partial charge in [0.25, 0.3) is 0 Å². The second kappa shape index (κ2) is 10.9. The predicted octanol–water partition coefficient (Wildman–Crippen LogP) is 5.46. The lowest BCUT2D eigenvalue weighted by Gasteiger charge is -2.37. The number of benzene rings is 2. The highest BCUT2D eigenvalue weighted by Gasteiger charge is 2.41. The molecule has 0 aromatic heterocycles. The number of hydrogen-bond donors (Lipinski definition) is 0. The predicted molar refractivity (Wildman–Crippen MR) is 127 cm³/mol. The lowest BCUT2D eigenvalue weighted by molar-refractivity contribution is -0.141. The van der Waals surface area contributed by atoms with Crippen LogP contribution in [0.3, 0.4) is 0 Å². The normalized spacial score (nSPS) is 16.2. The number of esters is 2. The van der Waals surface area contributed by atoms with E-state index in [0.29, 0.717) is 22.0 Å². The van der Waals surface area contributed by atoms with Crippen molar-refractivity contribution in [3.05, 3.63) is 92.2 Å². The number of carbonyl (C=O) groups excluding carboxylic acids is 2. The fourth-order valence-corrected chi connectivity index (χ4v) is 4.34. The van der Waals surface area contributed by atoms with Crippen molar-refractivity contribution in [3.63, 3.8) is 0 Å². The van der Waals surface area contributed by atoms with Crippen molar-refractivity contribution in [2.75, 3.05) is 21.0 Å². The summed E-state index contributed by atoms with van der Waals surface area (Å²) in [5.74, 6) is -2.00. The highest BCUT2D eigenvalue weighted by molar-refractivity contribution is 6.42. The molecule has 174 valence electrons. The van der Waals surface area contributed by atoms with Crippen LogP contribution in [0.5, 0.6) is 0 Å². The minimum atomic E-state index is -0.833. The number of ether oxygens (including phenoxy) is 3. The summed E-state index contributed by atoms with van der Waals surface area (Å²) in [5, 5.41) is 0.560. The Hall–Kier alpha value is -2.80. The van der Waals surface area contributed by atoms with Gasteiger partial charge in [0.2, 0.25) is 0 Å². The van der Waals surface area contributed by atoms with Crippen molar-refractivity contribution >= 4 is 35.1 Å². The third-order valence-electron chi connectivity index (χ3n) is 5.56. The summed E-state index contributed by atoms with van der Waals surface area (Å²) in [6.07, 6.45) is 0. The molecule has 3 rings (SSSR count). The van der Waals surface area contributed by atoms with Crippen LogP contribution in [0.25, 0.3) is 0 Å². The van der Waals surface area contributed by atoms with Crippen LogP contribution in [0.4, 0.5) is 0 Å². The molecular weight excluding hydrogens is 465 g/mol. The van der Waals surface area contributed by atoms with Crippen molar-refractivity contribution in [1.82, 2.24) is 4.90 Å². The van der Waals surface area contributed by atoms with Gasteiger partial charge in [-0.2, -0.15) is 0 Å². The third-order valence-corrected chi connectivity index (χ3v) is 6.39. The summed E-state index contributed by atoms with van der Waals surface area (Å²) in [7, 11) is 2.82. The van der Waals surface area contributed by atoms with Gasteiger partial charge >= 0.3 is 11.9 Å². The Balaban J connectivity index is 2.16. The van der Waals surface area contributed by atoms with Crippen LogP contribution < -0.4 is 0 Å². The molecule has 0 amide bonds. The largest absolute Gasteiger partial charge is 0.466 e. The van der Waals surface area contributed by atoms with E-state index in [2.05, 4.69) is 0 Å². The Labute approximate surface area is 203 Å². The zero-order chi connectivity index (χ0) is 24.1. The van der Waals surface area contributed by atoms with E-state index in [4.69, 9.17) is 37.4 Å². The van der Waals surface area contributed by atoms with Crippen LogP contribution in [0, 0.1) is 0 Å². The molecule has 0 N–H and O–H groups in total. The summed E-state index contributed by atoms with van der Waals surface area (Å²) in [5.41, 5.74) is 3.04. The van der Waals surface area contributed by atoms with Crippen molar-refractivity contribution in [3.8, 4) is 0 Å². The molecule has 0 fully saturated rings. The van der Waals surface area contributed by atoms with Gasteiger partial charge in [-0.1, -0.05) is 65.7 Å². The number of allylic oxidation sites excluding steroid dienone is 2. The van der Waals surface area contributed by atoms with Crippen LogP contribution >= 0.6 is 23.2 Å². The molecule has 0 saturated heterocycles. The Kier molecular flexibility index (Phi) is 8.19. The minimum Gasteiger partial charge on any atom is -0.466 e. The molecule has 0 spiro atoms. The second-order valence-electron chi connectivity index (χ2n) is 7.47. The van der Waals surface area contributed by atoms with Crippen molar-refractivity contribution in [2.24, 2.45) is 0 Å². The minimum absolute atomic E-state index is 0.0764. The topological polar surface area (TPSA) is 65.1 Å². The molecule has 6 nitrogen and oxygen atoms in total. The van der Waals surface area contributed by atoms with Crippen molar-refractivity contribution in [2.45, 2.75) is 26.4 Å². The van der Waals surface area contributed by atoms with Gasteiger partial charge in [-0.15, -0.1) is 0 Å². The van der Waals surface area contributed by atoms with Crippen molar-refractivity contribution in [1.29, 1.82) is 0 Å². The van der Waals surface area contributed by atoms with E-state index in [1.807, 2.05) is 30.3 Å². The Morgan fingerprint density at radius 3 is 2.15 bits per heavy atom. The van der Waals surface area contributed by atoms with E-state index in [-0.39, 0.29) is 29.5 Å². The smallest absolute Gasteiger partial charge is 0.337 e. The summed E-state index contributed by atoms with van der Waals surface area (Å²) in [6, 6.07) is 14.4. The van der Waals surface area contributed by atoms with E-state index >= 15 is 0 Å². The number of hydrogen-bond acceptors (Lipinski definition) is 6. The van der Waals surface area contributed by atoms with Crippen molar-refractivity contribution < 1.29 is 23.8 Å². The van der Waals surface area contributed by atoms with Crippen LogP contribution in [0.2, 0.25) is 10.0 Å². The molecular formula is C25H25Cl2NO5. The van der Waals surface area contributed by atoms with Gasteiger partial charge in [0.15, 0.2) is 0 Å². The molecule has 33 heavy (non-hydrogen) atoms. The summed E-state index contributed by atoms with van der Waals surface area (Å²) in [4.78, 5) is 28.2. The average Bonchev–Trinajstić information content (AvgIpc) is 2.82. The molecule has 0 saturated carbocycles. The molecule has 1 heterocycles. The molecule has 8 heteroatoms. The van der Waals surface area contributed by atoms with Gasteiger partial charge in [0.05, 0.1) is 34.2 Å². The fourth-order valence-electron chi connectivity index (χ4n) is 3.92. The van der Waals surface area contributed by atoms with Gasteiger partial charge in [0, 0.05) is 18.5 Å². The van der Waals surface area contributed by atoms with Gasteiger partial charge in [-0.05, 0) is 31.0 Å². The lowest BCUT2D eigenvalue weighted by atomic mass is 9.79. The Bertz CT molecular complexity index is 1110. The number of rotatable bonds is 7. The number of nitrogens with zero attached hydrogens (tertiary/aromatic N) is 1. The fraction of sp³-hybridized carbons (Fsp3) is 0.280. The van der Waals surface area contributed by atoms with E-state index < -0.39 is 17.9 Å². The first-order chi connectivity index (χ1) is 15.8. The van der Waals surface area contributed by atoms with E-state index in [1.54, 1.807) is 36.9 Å². The third kappa shape index (κ3) is 5.08. The molecule has 0 aliphatic carbocycles. The SMILES string of the molecule is COCN1C(C)=C(C(=O)OC)C(c2cccc(Cl)c2Cl)C(C(=O)OCc2ccccc2)=C1C. The number of carbonyl (C=O) groups is 2. The van der Waals surface area contributed by atoms with Crippen LogP contribution in [0.15, 0.2) is 71.1 Å². The molecule has 1 aliphatic heterocycles. The average molecular weight is 490 g/mol. The van der Waals surface area contributed by atoms with Gasteiger partial charge in [0.1, 0.15) is 13.3 Å².